The SMILES string of the molecule is NC(=NC1C=Nc2ccc3cc4ccccc4cc3c2C1=O)c1ccccc1. The number of fused-ring (bicyclic) bond motifs is 4. The second kappa shape index (κ2) is 6.43. The smallest absolute Gasteiger partial charge is 0.195 e. The van der Waals surface area contributed by atoms with Crippen molar-refractivity contribution in [2.75, 3.05) is 0 Å². The Labute approximate surface area is 162 Å². The number of carbonyl (C=O) groups excluding carboxylic acids is 1. The monoisotopic (exact) mass is 363 g/mol. The van der Waals surface area contributed by atoms with E-state index in [4.69, 9.17) is 5.73 Å². The second-order valence-corrected chi connectivity index (χ2v) is 6.85. The molecule has 0 saturated carbocycles. The Kier molecular flexibility index (Phi) is 3.76. The average molecular weight is 363 g/mol. The summed E-state index contributed by atoms with van der Waals surface area (Å²) in [6.07, 6.45) is 1.58. The lowest BCUT2D eigenvalue weighted by Gasteiger charge is -2.17. The molecule has 28 heavy (non-hydrogen) atoms. The quantitative estimate of drug-likeness (QED) is 0.320. The molecule has 4 heteroatoms. The van der Waals surface area contributed by atoms with Crippen LogP contribution in [0.5, 0.6) is 0 Å². The fraction of sp³-hybridized carbons (Fsp3) is 0.0417. The van der Waals surface area contributed by atoms with E-state index in [1.807, 2.05) is 60.7 Å². The highest BCUT2D eigenvalue weighted by Crippen LogP contribution is 2.34. The first-order chi connectivity index (χ1) is 13.7. The lowest BCUT2D eigenvalue weighted by atomic mass is 9.92. The minimum atomic E-state index is -0.718. The molecule has 0 amide bonds. The summed E-state index contributed by atoms with van der Waals surface area (Å²) < 4.78 is 0. The van der Waals surface area contributed by atoms with E-state index in [0.717, 1.165) is 27.1 Å². The Hall–Kier alpha value is -3.79. The van der Waals surface area contributed by atoms with Crippen LogP contribution in [0.2, 0.25) is 0 Å². The summed E-state index contributed by atoms with van der Waals surface area (Å²) in [5, 5.41) is 4.15. The lowest BCUT2D eigenvalue weighted by molar-refractivity contribution is 0.0987. The van der Waals surface area contributed by atoms with Gasteiger partial charge in [0.2, 0.25) is 0 Å². The van der Waals surface area contributed by atoms with Crippen molar-refractivity contribution in [2.24, 2.45) is 15.7 Å². The first-order valence-electron chi connectivity index (χ1n) is 9.13. The molecule has 4 nitrogen and oxygen atoms in total. The van der Waals surface area contributed by atoms with E-state index in [0.29, 0.717) is 17.1 Å². The largest absolute Gasteiger partial charge is 0.383 e. The molecule has 2 N–H and O–H groups in total. The van der Waals surface area contributed by atoms with Crippen molar-refractivity contribution in [3.8, 4) is 0 Å². The average Bonchev–Trinajstić information content (AvgIpc) is 2.74. The van der Waals surface area contributed by atoms with Crippen LogP contribution in [-0.4, -0.2) is 23.9 Å². The van der Waals surface area contributed by atoms with Crippen LogP contribution in [0.1, 0.15) is 15.9 Å². The van der Waals surface area contributed by atoms with Crippen LogP contribution in [0.3, 0.4) is 0 Å². The summed E-state index contributed by atoms with van der Waals surface area (Å²) in [5.74, 6) is 0.254. The van der Waals surface area contributed by atoms with Crippen molar-refractivity contribution in [2.45, 2.75) is 6.04 Å². The van der Waals surface area contributed by atoms with Gasteiger partial charge >= 0.3 is 0 Å². The third-order valence-corrected chi connectivity index (χ3v) is 5.08. The highest BCUT2D eigenvalue weighted by molar-refractivity contribution is 6.23. The predicted octanol–water partition coefficient (Wildman–Crippen LogP) is 4.67. The van der Waals surface area contributed by atoms with Gasteiger partial charge in [-0.15, -0.1) is 0 Å². The van der Waals surface area contributed by atoms with E-state index in [1.165, 1.54) is 0 Å². The van der Waals surface area contributed by atoms with Gasteiger partial charge in [-0.05, 0) is 39.7 Å². The molecular formula is C24H17N3O. The molecule has 0 aromatic heterocycles. The molecular weight excluding hydrogens is 346 g/mol. The van der Waals surface area contributed by atoms with Crippen LogP contribution in [-0.2, 0) is 0 Å². The summed E-state index contributed by atoms with van der Waals surface area (Å²) in [6, 6.07) is 24.9. The number of hydrogen-bond donors (Lipinski definition) is 1. The molecule has 1 atom stereocenters. The minimum absolute atomic E-state index is 0.0789. The van der Waals surface area contributed by atoms with Crippen LogP contribution in [0.15, 0.2) is 88.8 Å². The number of Topliss-reactive ketones (excluding diaryl/α,β-unsaturated/α-hetero) is 1. The van der Waals surface area contributed by atoms with Gasteiger partial charge in [-0.25, -0.2) is 0 Å². The van der Waals surface area contributed by atoms with Crippen LogP contribution in [0, 0.1) is 0 Å². The number of nitrogens with two attached hydrogens (primary N) is 1. The van der Waals surface area contributed by atoms with Gasteiger partial charge in [-0.3, -0.25) is 14.8 Å². The number of rotatable bonds is 2. The Morgan fingerprint density at radius 2 is 1.57 bits per heavy atom. The lowest BCUT2D eigenvalue weighted by Crippen LogP contribution is -2.27. The number of hydrogen-bond acceptors (Lipinski definition) is 3. The van der Waals surface area contributed by atoms with Crippen molar-refractivity contribution >= 4 is 45.1 Å². The fourth-order valence-electron chi connectivity index (χ4n) is 3.66. The number of ketones is 1. The molecule has 1 aliphatic heterocycles. The van der Waals surface area contributed by atoms with Crippen LogP contribution in [0.25, 0.3) is 21.5 Å². The van der Waals surface area contributed by atoms with Crippen LogP contribution < -0.4 is 5.73 Å². The molecule has 5 rings (SSSR count). The van der Waals surface area contributed by atoms with E-state index in [2.05, 4.69) is 28.2 Å². The fourth-order valence-corrected chi connectivity index (χ4v) is 3.66. The van der Waals surface area contributed by atoms with Crippen molar-refractivity contribution < 1.29 is 4.79 Å². The summed E-state index contributed by atoms with van der Waals surface area (Å²) in [4.78, 5) is 22.2. The van der Waals surface area contributed by atoms with Gasteiger partial charge in [0.15, 0.2) is 11.8 Å². The van der Waals surface area contributed by atoms with Gasteiger partial charge in [-0.2, -0.15) is 0 Å². The number of carbonyl (C=O) groups is 1. The van der Waals surface area contributed by atoms with Crippen molar-refractivity contribution in [1.29, 1.82) is 0 Å². The first kappa shape index (κ1) is 16.4. The summed E-state index contributed by atoms with van der Waals surface area (Å²) in [5.41, 5.74) is 8.21. The molecule has 0 radical (unpaired) electrons. The van der Waals surface area contributed by atoms with Crippen LogP contribution in [0.4, 0.5) is 5.69 Å². The molecule has 1 heterocycles. The molecule has 0 spiro atoms. The van der Waals surface area contributed by atoms with Gasteiger partial charge < -0.3 is 5.73 Å². The van der Waals surface area contributed by atoms with E-state index >= 15 is 0 Å². The van der Waals surface area contributed by atoms with Gasteiger partial charge in [-0.1, -0.05) is 60.7 Å². The maximum absolute atomic E-state index is 13.3. The topological polar surface area (TPSA) is 67.8 Å². The molecule has 0 saturated heterocycles. The minimum Gasteiger partial charge on any atom is -0.383 e. The third-order valence-electron chi connectivity index (χ3n) is 5.08. The maximum atomic E-state index is 13.3. The van der Waals surface area contributed by atoms with Gasteiger partial charge in [0.1, 0.15) is 5.84 Å². The normalized spacial score (nSPS) is 16.5. The predicted molar refractivity (Wildman–Crippen MR) is 115 cm³/mol. The summed E-state index contributed by atoms with van der Waals surface area (Å²) in [7, 11) is 0. The highest BCUT2D eigenvalue weighted by atomic mass is 16.1. The van der Waals surface area contributed by atoms with E-state index < -0.39 is 6.04 Å². The van der Waals surface area contributed by atoms with Crippen molar-refractivity contribution in [3.63, 3.8) is 0 Å². The molecule has 1 unspecified atom stereocenters. The van der Waals surface area contributed by atoms with Gasteiger partial charge in [0.05, 0.1) is 11.3 Å². The Morgan fingerprint density at radius 1 is 0.857 bits per heavy atom. The molecule has 0 bridgehead atoms. The Bertz CT molecular complexity index is 1290. The van der Waals surface area contributed by atoms with Gasteiger partial charge in [0.25, 0.3) is 0 Å². The summed E-state index contributed by atoms with van der Waals surface area (Å²) >= 11 is 0. The second-order valence-electron chi connectivity index (χ2n) is 6.85. The molecule has 4 aromatic rings. The molecule has 1 aliphatic rings. The van der Waals surface area contributed by atoms with Crippen molar-refractivity contribution in [1.82, 2.24) is 0 Å². The van der Waals surface area contributed by atoms with Gasteiger partial charge in [0, 0.05) is 11.8 Å². The standard InChI is InChI=1S/C24H17N3O/c25-24(15-6-2-1-3-7-15)27-21-14-26-20-11-10-18-12-16-8-4-5-9-17(16)13-19(18)22(20)23(21)28/h1-14,21H,(H2,25,27). The Balaban J connectivity index is 1.64. The zero-order chi connectivity index (χ0) is 19.1. The number of nitrogens with zero attached hydrogens (tertiary/aromatic N) is 2. The Morgan fingerprint density at radius 3 is 2.36 bits per heavy atom. The maximum Gasteiger partial charge on any atom is 0.195 e. The zero-order valence-electron chi connectivity index (χ0n) is 15.0. The molecule has 134 valence electrons. The molecule has 0 aliphatic carbocycles. The van der Waals surface area contributed by atoms with Crippen LogP contribution >= 0.6 is 0 Å². The van der Waals surface area contributed by atoms with E-state index in [9.17, 15) is 4.79 Å². The number of benzene rings is 4. The number of amidine groups is 1. The first-order valence-corrected chi connectivity index (χ1v) is 9.13. The zero-order valence-corrected chi connectivity index (χ0v) is 15.0. The summed E-state index contributed by atoms with van der Waals surface area (Å²) in [6.45, 7) is 0. The molecule has 4 aromatic carbocycles. The van der Waals surface area contributed by atoms with E-state index in [-0.39, 0.29) is 5.78 Å². The highest BCUT2D eigenvalue weighted by Gasteiger charge is 2.27. The number of aliphatic imine (C=N–C) groups is 2. The molecule has 0 fully saturated rings. The van der Waals surface area contributed by atoms with Crippen molar-refractivity contribution in [3.05, 3.63) is 90.0 Å². The van der Waals surface area contributed by atoms with E-state index in [1.54, 1.807) is 6.21 Å². The third kappa shape index (κ3) is 2.67.